The molecule has 1 saturated carbocycles. The second kappa shape index (κ2) is 8.13. The molecule has 2 rings (SSSR count). The zero-order chi connectivity index (χ0) is 15.1. The molecule has 1 aromatic rings. The maximum absolute atomic E-state index is 12.3. The van der Waals surface area contributed by atoms with Crippen LogP contribution in [0.5, 0.6) is 0 Å². The Balaban J connectivity index is 1.91. The van der Waals surface area contributed by atoms with Crippen molar-refractivity contribution < 1.29 is 14.3 Å². The maximum atomic E-state index is 12.3. The Labute approximate surface area is 140 Å². The first-order valence-corrected chi connectivity index (χ1v) is 9.11. The van der Waals surface area contributed by atoms with Gasteiger partial charge in [-0.2, -0.15) is 0 Å². The van der Waals surface area contributed by atoms with Crippen molar-refractivity contribution in [3.63, 3.8) is 0 Å². The Kier molecular flexibility index (Phi) is 6.48. The van der Waals surface area contributed by atoms with E-state index in [1.807, 2.05) is 31.2 Å². The second-order valence-electron chi connectivity index (χ2n) is 5.84. The van der Waals surface area contributed by atoms with Gasteiger partial charge in [0.1, 0.15) is 5.60 Å². The first kappa shape index (κ1) is 16.7. The van der Waals surface area contributed by atoms with E-state index in [1.54, 1.807) is 0 Å². The molecule has 0 saturated heterocycles. The highest BCUT2D eigenvalue weighted by Crippen LogP contribution is 2.33. The second-order valence-corrected chi connectivity index (χ2v) is 6.92. The van der Waals surface area contributed by atoms with Gasteiger partial charge in [-0.3, -0.25) is 0 Å². The van der Waals surface area contributed by atoms with E-state index >= 15 is 0 Å². The van der Waals surface area contributed by atoms with Crippen molar-refractivity contribution in [1.82, 2.24) is 0 Å². The van der Waals surface area contributed by atoms with Gasteiger partial charge in [0.25, 0.3) is 0 Å². The molecule has 1 aromatic carbocycles. The SMILES string of the molecule is CC1(OC(=O)c2cccc(COCCCI)c2)CCCC1. The van der Waals surface area contributed by atoms with Gasteiger partial charge in [0.15, 0.2) is 0 Å². The molecule has 1 aliphatic carbocycles. The van der Waals surface area contributed by atoms with Gasteiger partial charge >= 0.3 is 5.97 Å². The van der Waals surface area contributed by atoms with Crippen LogP contribution in [-0.2, 0) is 16.1 Å². The van der Waals surface area contributed by atoms with Gasteiger partial charge in [-0.1, -0.05) is 34.7 Å². The van der Waals surface area contributed by atoms with Gasteiger partial charge in [0, 0.05) is 11.0 Å². The molecule has 116 valence electrons. The number of rotatable bonds is 7. The predicted octanol–water partition coefficient (Wildman–Crippen LogP) is 4.52. The standard InChI is InChI=1S/C17H23IO3/c1-17(8-2-3-9-17)21-16(19)15-7-4-6-14(12-15)13-20-11-5-10-18/h4,6-7,12H,2-3,5,8-11,13H2,1H3. The van der Waals surface area contributed by atoms with E-state index in [-0.39, 0.29) is 11.6 Å². The van der Waals surface area contributed by atoms with Crippen molar-refractivity contribution in [3.05, 3.63) is 35.4 Å². The average Bonchev–Trinajstić information content (AvgIpc) is 2.90. The Morgan fingerprint density at radius 2 is 2.10 bits per heavy atom. The topological polar surface area (TPSA) is 35.5 Å². The first-order chi connectivity index (χ1) is 10.1. The van der Waals surface area contributed by atoms with Crippen LogP contribution in [0.4, 0.5) is 0 Å². The van der Waals surface area contributed by atoms with Crippen LogP contribution >= 0.6 is 22.6 Å². The summed E-state index contributed by atoms with van der Waals surface area (Å²) in [4.78, 5) is 12.3. The highest BCUT2D eigenvalue weighted by atomic mass is 127. The Morgan fingerprint density at radius 3 is 2.81 bits per heavy atom. The minimum absolute atomic E-state index is 0.214. The van der Waals surface area contributed by atoms with Crippen LogP contribution in [0.3, 0.4) is 0 Å². The van der Waals surface area contributed by atoms with Crippen LogP contribution in [0.2, 0.25) is 0 Å². The van der Waals surface area contributed by atoms with Crippen LogP contribution in [0.25, 0.3) is 0 Å². The number of halogens is 1. The summed E-state index contributed by atoms with van der Waals surface area (Å²) in [5.74, 6) is -0.214. The summed E-state index contributed by atoms with van der Waals surface area (Å²) in [7, 11) is 0. The molecule has 0 aromatic heterocycles. The van der Waals surface area contributed by atoms with Crippen molar-refractivity contribution in [3.8, 4) is 0 Å². The number of benzene rings is 1. The van der Waals surface area contributed by atoms with E-state index in [4.69, 9.17) is 9.47 Å². The third-order valence-corrected chi connectivity index (χ3v) is 4.62. The van der Waals surface area contributed by atoms with Gasteiger partial charge < -0.3 is 9.47 Å². The number of ether oxygens (including phenoxy) is 2. The van der Waals surface area contributed by atoms with E-state index in [0.717, 1.165) is 48.7 Å². The quantitative estimate of drug-likeness (QED) is 0.291. The first-order valence-electron chi connectivity index (χ1n) is 7.59. The average molecular weight is 402 g/mol. The van der Waals surface area contributed by atoms with Crippen LogP contribution in [0, 0.1) is 0 Å². The van der Waals surface area contributed by atoms with Crippen molar-refractivity contribution in [2.24, 2.45) is 0 Å². The molecule has 0 unspecified atom stereocenters. The number of hydrogen-bond acceptors (Lipinski definition) is 3. The highest BCUT2D eigenvalue weighted by molar-refractivity contribution is 14.1. The molecule has 1 aliphatic rings. The molecule has 0 radical (unpaired) electrons. The van der Waals surface area contributed by atoms with Crippen molar-refractivity contribution >= 4 is 28.6 Å². The van der Waals surface area contributed by atoms with Gasteiger partial charge in [-0.05, 0) is 56.7 Å². The van der Waals surface area contributed by atoms with Gasteiger partial charge in [-0.25, -0.2) is 4.79 Å². The smallest absolute Gasteiger partial charge is 0.338 e. The fourth-order valence-electron chi connectivity index (χ4n) is 2.64. The zero-order valence-corrected chi connectivity index (χ0v) is 14.7. The van der Waals surface area contributed by atoms with E-state index in [0.29, 0.717) is 12.2 Å². The summed E-state index contributed by atoms with van der Waals surface area (Å²) >= 11 is 2.34. The molecule has 1 fully saturated rings. The summed E-state index contributed by atoms with van der Waals surface area (Å²) in [6.07, 6.45) is 5.29. The van der Waals surface area contributed by atoms with Crippen molar-refractivity contribution in [2.45, 2.75) is 51.2 Å². The summed E-state index contributed by atoms with van der Waals surface area (Å²) in [5.41, 5.74) is 1.37. The molecule has 0 atom stereocenters. The Hall–Kier alpha value is -0.620. The van der Waals surface area contributed by atoms with Crippen molar-refractivity contribution in [2.75, 3.05) is 11.0 Å². The number of carbonyl (C=O) groups excluding carboxylic acids is 1. The molecule has 0 amide bonds. The van der Waals surface area contributed by atoms with Crippen molar-refractivity contribution in [1.29, 1.82) is 0 Å². The van der Waals surface area contributed by atoms with Gasteiger partial charge in [0.2, 0.25) is 0 Å². The van der Waals surface area contributed by atoms with Crippen LogP contribution in [0.15, 0.2) is 24.3 Å². The molecular weight excluding hydrogens is 379 g/mol. The van der Waals surface area contributed by atoms with E-state index in [1.165, 1.54) is 0 Å². The summed E-state index contributed by atoms with van der Waals surface area (Å²) in [6.45, 7) is 3.35. The molecule has 4 heteroatoms. The fraction of sp³-hybridized carbons (Fsp3) is 0.588. The molecule has 3 nitrogen and oxygen atoms in total. The predicted molar refractivity (Wildman–Crippen MR) is 91.9 cm³/mol. The third-order valence-electron chi connectivity index (χ3n) is 3.85. The Bertz CT molecular complexity index is 467. The molecule has 0 spiro atoms. The molecular formula is C17H23IO3. The number of carbonyl (C=O) groups is 1. The highest BCUT2D eigenvalue weighted by Gasteiger charge is 2.32. The molecule has 0 heterocycles. The van der Waals surface area contributed by atoms with E-state index in [9.17, 15) is 4.79 Å². The summed E-state index contributed by atoms with van der Waals surface area (Å²) in [6, 6.07) is 7.57. The molecule has 0 N–H and O–H groups in total. The normalized spacial score (nSPS) is 16.9. The lowest BCUT2D eigenvalue weighted by atomic mass is 10.1. The van der Waals surface area contributed by atoms with Crippen LogP contribution in [-0.4, -0.2) is 22.6 Å². The molecule has 0 bridgehead atoms. The number of esters is 1. The zero-order valence-electron chi connectivity index (χ0n) is 12.6. The minimum atomic E-state index is -0.274. The lowest BCUT2D eigenvalue weighted by molar-refractivity contribution is -0.00611. The lowest BCUT2D eigenvalue weighted by Crippen LogP contribution is -2.28. The fourth-order valence-corrected chi connectivity index (χ4v) is 2.95. The monoisotopic (exact) mass is 402 g/mol. The van der Waals surface area contributed by atoms with Crippen LogP contribution in [0.1, 0.15) is 54.9 Å². The largest absolute Gasteiger partial charge is 0.456 e. The summed E-state index contributed by atoms with van der Waals surface area (Å²) < 4.78 is 12.4. The lowest BCUT2D eigenvalue weighted by Gasteiger charge is -2.24. The van der Waals surface area contributed by atoms with Gasteiger partial charge in [-0.15, -0.1) is 0 Å². The Morgan fingerprint density at radius 1 is 1.33 bits per heavy atom. The maximum Gasteiger partial charge on any atom is 0.338 e. The molecule has 21 heavy (non-hydrogen) atoms. The number of hydrogen-bond donors (Lipinski definition) is 0. The van der Waals surface area contributed by atoms with Gasteiger partial charge in [0.05, 0.1) is 12.2 Å². The molecule has 0 aliphatic heterocycles. The van der Waals surface area contributed by atoms with E-state index < -0.39 is 0 Å². The number of alkyl halides is 1. The van der Waals surface area contributed by atoms with Crippen LogP contribution < -0.4 is 0 Å². The summed E-state index contributed by atoms with van der Waals surface area (Å²) in [5, 5.41) is 0. The third kappa shape index (κ3) is 5.25. The minimum Gasteiger partial charge on any atom is -0.456 e. The van der Waals surface area contributed by atoms with E-state index in [2.05, 4.69) is 22.6 Å².